The van der Waals surface area contributed by atoms with E-state index in [1.165, 1.54) is 44.9 Å². The van der Waals surface area contributed by atoms with Crippen LogP contribution in [0.4, 0.5) is 0 Å². The molecule has 8 atom stereocenters. The first-order chi connectivity index (χ1) is 12.4. The van der Waals surface area contributed by atoms with Crippen molar-refractivity contribution in [1.82, 2.24) is 0 Å². The van der Waals surface area contributed by atoms with Crippen molar-refractivity contribution in [1.29, 1.82) is 0 Å². The second-order valence-electron chi connectivity index (χ2n) is 11.0. The molecule has 5 rings (SSSR count). The Labute approximate surface area is 159 Å². The molecule has 5 aliphatic rings. The average molecular weight is 363 g/mol. The summed E-state index contributed by atoms with van der Waals surface area (Å²) in [7, 11) is 0. The Morgan fingerprint density at radius 3 is 2.23 bits per heavy atom. The number of ether oxygens (including phenoxy) is 2. The van der Waals surface area contributed by atoms with Gasteiger partial charge in [-0.05, 0) is 99.2 Å². The molecular formula is C23H38O3. The van der Waals surface area contributed by atoms with Crippen molar-refractivity contribution >= 4 is 0 Å². The zero-order chi connectivity index (χ0) is 18.2. The molecule has 148 valence electrons. The van der Waals surface area contributed by atoms with Gasteiger partial charge in [-0.1, -0.05) is 13.8 Å². The molecule has 3 heteroatoms. The zero-order valence-electron chi connectivity index (χ0n) is 17.0. The summed E-state index contributed by atoms with van der Waals surface area (Å²) in [4.78, 5) is 0. The molecule has 1 aliphatic heterocycles. The van der Waals surface area contributed by atoms with Gasteiger partial charge in [0.05, 0.1) is 19.3 Å². The Morgan fingerprint density at radius 1 is 0.769 bits per heavy atom. The minimum Gasteiger partial charge on any atom is -0.393 e. The minimum atomic E-state index is -0.341. The Bertz CT molecular complexity index is 556. The number of aliphatic hydroxyl groups is 1. The molecule has 1 heterocycles. The minimum absolute atomic E-state index is 0.0362. The molecule has 26 heavy (non-hydrogen) atoms. The summed E-state index contributed by atoms with van der Waals surface area (Å²) < 4.78 is 12.3. The predicted octanol–water partition coefficient (Wildman–Crippen LogP) is 4.77. The third kappa shape index (κ3) is 2.35. The summed E-state index contributed by atoms with van der Waals surface area (Å²) in [6, 6.07) is 0. The van der Waals surface area contributed by atoms with Gasteiger partial charge in [0.15, 0.2) is 5.79 Å². The Morgan fingerprint density at radius 2 is 1.46 bits per heavy atom. The van der Waals surface area contributed by atoms with Gasteiger partial charge < -0.3 is 14.6 Å². The highest BCUT2D eigenvalue weighted by Crippen LogP contribution is 2.69. The molecule has 0 aromatic rings. The molecule has 0 aromatic carbocycles. The fourth-order valence-electron chi connectivity index (χ4n) is 8.83. The van der Waals surface area contributed by atoms with E-state index in [1.807, 2.05) is 0 Å². The molecule has 0 unspecified atom stereocenters. The third-order valence-corrected chi connectivity index (χ3v) is 10.1. The van der Waals surface area contributed by atoms with E-state index in [0.29, 0.717) is 16.7 Å². The summed E-state index contributed by atoms with van der Waals surface area (Å²) >= 11 is 0. The van der Waals surface area contributed by atoms with E-state index in [-0.39, 0.29) is 11.9 Å². The first kappa shape index (κ1) is 17.9. The Kier molecular flexibility index (Phi) is 4.10. The maximum absolute atomic E-state index is 10.2. The Balaban J connectivity index is 1.41. The van der Waals surface area contributed by atoms with Crippen LogP contribution in [0.5, 0.6) is 0 Å². The topological polar surface area (TPSA) is 38.7 Å². The molecule has 1 N–H and O–H groups in total. The van der Waals surface area contributed by atoms with Crippen molar-refractivity contribution in [3.8, 4) is 0 Å². The lowest BCUT2D eigenvalue weighted by atomic mass is 9.44. The quantitative estimate of drug-likeness (QED) is 0.730. The zero-order valence-corrected chi connectivity index (χ0v) is 17.0. The molecule has 5 fully saturated rings. The van der Waals surface area contributed by atoms with E-state index in [4.69, 9.17) is 9.47 Å². The van der Waals surface area contributed by atoms with E-state index < -0.39 is 0 Å². The summed E-state index contributed by atoms with van der Waals surface area (Å²) in [5.41, 5.74) is 0.865. The molecule has 0 aromatic heterocycles. The lowest BCUT2D eigenvalue weighted by Gasteiger charge is -2.61. The van der Waals surface area contributed by atoms with Crippen LogP contribution >= 0.6 is 0 Å². The third-order valence-electron chi connectivity index (χ3n) is 10.1. The van der Waals surface area contributed by atoms with E-state index >= 15 is 0 Å². The Hall–Kier alpha value is -0.120. The van der Waals surface area contributed by atoms with Gasteiger partial charge >= 0.3 is 0 Å². The van der Waals surface area contributed by atoms with Crippen LogP contribution in [0, 0.1) is 40.4 Å². The highest BCUT2D eigenvalue weighted by molar-refractivity contribution is 5.11. The van der Waals surface area contributed by atoms with Crippen LogP contribution in [-0.4, -0.2) is 30.2 Å². The van der Waals surface area contributed by atoms with E-state index in [9.17, 15) is 5.11 Å². The monoisotopic (exact) mass is 362 g/mol. The second-order valence-corrected chi connectivity index (χ2v) is 11.0. The van der Waals surface area contributed by atoms with Crippen molar-refractivity contribution in [3.63, 3.8) is 0 Å². The van der Waals surface area contributed by atoms with Gasteiger partial charge in [-0.3, -0.25) is 0 Å². The van der Waals surface area contributed by atoms with Gasteiger partial charge in [0.25, 0.3) is 0 Å². The number of rotatable bonds is 1. The van der Waals surface area contributed by atoms with Crippen molar-refractivity contribution in [2.24, 2.45) is 40.4 Å². The number of aliphatic hydroxyl groups excluding tert-OH is 1. The lowest BCUT2D eigenvalue weighted by molar-refractivity contribution is -0.218. The average Bonchev–Trinajstić information content (AvgIpc) is 3.19. The van der Waals surface area contributed by atoms with Crippen molar-refractivity contribution in [3.05, 3.63) is 0 Å². The molecule has 1 saturated heterocycles. The lowest BCUT2D eigenvalue weighted by Crippen LogP contribution is -2.55. The van der Waals surface area contributed by atoms with E-state index in [2.05, 4.69) is 20.8 Å². The fraction of sp³-hybridized carbons (Fsp3) is 1.00. The fourth-order valence-corrected chi connectivity index (χ4v) is 8.83. The maximum Gasteiger partial charge on any atom is 0.169 e. The van der Waals surface area contributed by atoms with Gasteiger partial charge in [0.1, 0.15) is 0 Å². The van der Waals surface area contributed by atoms with Gasteiger partial charge in [-0.15, -0.1) is 0 Å². The first-order valence-corrected chi connectivity index (χ1v) is 11.3. The smallest absolute Gasteiger partial charge is 0.169 e. The SMILES string of the molecule is CC1([C@@H]2CC[C@@H]3[C@H]4CC[C@H]5C[C@H](O)CC[C@]5(C)[C@@H]4CC[C@@]32C)OCCO1. The largest absolute Gasteiger partial charge is 0.393 e. The summed E-state index contributed by atoms with van der Waals surface area (Å²) in [6.45, 7) is 8.90. The van der Waals surface area contributed by atoms with Crippen LogP contribution < -0.4 is 0 Å². The number of hydrogen-bond donors (Lipinski definition) is 1. The number of fused-ring (bicyclic) bond motifs is 5. The van der Waals surface area contributed by atoms with Gasteiger partial charge in [-0.25, -0.2) is 0 Å². The van der Waals surface area contributed by atoms with Crippen LogP contribution in [0.15, 0.2) is 0 Å². The molecule has 4 saturated carbocycles. The molecule has 0 bridgehead atoms. The predicted molar refractivity (Wildman–Crippen MR) is 102 cm³/mol. The van der Waals surface area contributed by atoms with Crippen molar-refractivity contribution in [2.75, 3.05) is 13.2 Å². The summed E-state index contributed by atoms with van der Waals surface area (Å²) in [5.74, 6) is 3.59. The van der Waals surface area contributed by atoms with Gasteiger partial charge in [-0.2, -0.15) is 0 Å². The maximum atomic E-state index is 10.2. The van der Waals surface area contributed by atoms with Crippen LogP contribution in [0.2, 0.25) is 0 Å². The molecule has 4 aliphatic carbocycles. The van der Waals surface area contributed by atoms with E-state index in [1.54, 1.807) is 0 Å². The molecule has 0 radical (unpaired) electrons. The normalized spacial score (nSPS) is 55.8. The van der Waals surface area contributed by atoms with Crippen LogP contribution in [0.25, 0.3) is 0 Å². The van der Waals surface area contributed by atoms with Gasteiger partial charge in [0, 0.05) is 5.92 Å². The number of hydrogen-bond acceptors (Lipinski definition) is 3. The molecular weight excluding hydrogens is 324 g/mol. The standard InChI is InChI=1S/C23H38O3/c1-21-10-8-16(24)14-15(21)4-5-17-18-6-7-20(23(3)25-12-13-26-23)22(18,2)11-9-19(17)21/h15-20,24H,4-14H2,1-3H3/t15-,16+,17+,18+,19+,20+,21-,22-/m0/s1. The van der Waals surface area contributed by atoms with Crippen LogP contribution in [0.3, 0.4) is 0 Å². The van der Waals surface area contributed by atoms with Gasteiger partial charge in [0.2, 0.25) is 0 Å². The van der Waals surface area contributed by atoms with Crippen molar-refractivity contribution in [2.45, 2.75) is 90.4 Å². The molecule has 0 spiro atoms. The second kappa shape index (κ2) is 5.94. The van der Waals surface area contributed by atoms with E-state index in [0.717, 1.165) is 49.7 Å². The van der Waals surface area contributed by atoms with Crippen LogP contribution in [-0.2, 0) is 9.47 Å². The molecule has 0 amide bonds. The summed E-state index contributed by atoms with van der Waals surface area (Å²) in [5, 5.41) is 10.2. The highest BCUT2D eigenvalue weighted by Gasteiger charge is 2.63. The summed E-state index contributed by atoms with van der Waals surface area (Å²) in [6.07, 6.45) is 11.4. The van der Waals surface area contributed by atoms with Crippen LogP contribution in [0.1, 0.15) is 78.6 Å². The highest BCUT2D eigenvalue weighted by atomic mass is 16.7. The first-order valence-electron chi connectivity index (χ1n) is 11.3. The molecule has 3 nitrogen and oxygen atoms in total. The van der Waals surface area contributed by atoms with Crippen molar-refractivity contribution < 1.29 is 14.6 Å².